The van der Waals surface area contributed by atoms with Crippen LogP contribution >= 0.6 is 0 Å². The first kappa shape index (κ1) is 18.0. The van der Waals surface area contributed by atoms with Crippen molar-refractivity contribution in [2.75, 3.05) is 5.32 Å². The smallest absolute Gasteiger partial charge is 0.269 e. The molecule has 1 aliphatic heterocycles. The fourth-order valence-electron chi connectivity index (χ4n) is 3.20. The quantitative estimate of drug-likeness (QED) is 0.740. The molecule has 0 fully saturated rings. The summed E-state index contributed by atoms with van der Waals surface area (Å²) in [5.74, 6) is 0.345. The number of hydrogen-bond acceptors (Lipinski definition) is 5. The van der Waals surface area contributed by atoms with Crippen LogP contribution in [0.1, 0.15) is 30.3 Å². The van der Waals surface area contributed by atoms with Gasteiger partial charge in [-0.3, -0.25) is 9.48 Å². The van der Waals surface area contributed by atoms with Crippen molar-refractivity contribution in [1.82, 2.24) is 19.6 Å². The van der Waals surface area contributed by atoms with Crippen molar-refractivity contribution in [3.05, 3.63) is 59.5 Å². The summed E-state index contributed by atoms with van der Waals surface area (Å²) >= 11 is 0. The molecule has 28 heavy (non-hydrogen) atoms. The van der Waals surface area contributed by atoms with E-state index in [2.05, 4.69) is 20.7 Å². The lowest BCUT2D eigenvalue weighted by atomic mass is 10.1. The zero-order valence-corrected chi connectivity index (χ0v) is 16.1. The summed E-state index contributed by atoms with van der Waals surface area (Å²) in [4.78, 5) is 18.2. The molecule has 144 valence electrons. The average Bonchev–Trinajstić information content (AvgIpc) is 3.40. The number of nitrogens with one attached hydrogen (secondary N) is 1. The molecule has 0 saturated heterocycles. The van der Waals surface area contributed by atoms with Crippen LogP contribution in [0.4, 0.5) is 5.82 Å². The third kappa shape index (κ3) is 3.40. The molecule has 0 saturated carbocycles. The van der Waals surface area contributed by atoms with Crippen molar-refractivity contribution in [1.29, 1.82) is 0 Å². The standard InChI is InChI=1S/C20H22N6O2/c1-4-25-12-16(14(3)23-25)17-11-18(28-24-17)20(27)21-19-10-13(2)22-26(19)15-8-6-5-7-9-15/h5-10,12,18H,4,11H2,1-3H3,(H,21,27)/t18-/m0/s1. The van der Waals surface area contributed by atoms with Crippen LogP contribution in [-0.4, -0.2) is 37.3 Å². The monoisotopic (exact) mass is 378 g/mol. The van der Waals surface area contributed by atoms with Crippen molar-refractivity contribution in [2.45, 2.75) is 39.8 Å². The second-order valence-corrected chi connectivity index (χ2v) is 6.73. The van der Waals surface area contributed by atoms with Gasteiger partial charge in [-0.25, -0.2) is 4.68 Å². The number of carbonyl (C=O) groups is 1. The normalized spacial score (nSPS) is 16.0. The van der Waals surface area contributed by atoms with E-state index in [-0.39, 0.29) is 5.91 Å². The van der Waals surface area contributed by atoms with E-state index < -0.39 is 6.10 Å². The molecule has 0 radical (unpaired) electrons. The van der Waals surface area contributed by atoms with E-state index in [1.807, 2.05) is 68.0 Å². The Kier molecular flexibility index (Phi) is 4.68. The van der Waals surface area contributed by atoms with E-state index in [4.69, 9.17) is 4.84 Å². The van der Waals surface area contributed by atoms with Crippen LogP contribution < -0.4 is 5.32 Å². The minimum Gasteiger partial charge on any atom is -0.382 e. The van der Waals surface area contributed by atoms with Crippen molar-refractivity contribution in [2.24, 2.45) is 5.16 Å². The van der Waals surface area contributed by atoms with Crippen molar-refractivity contribution < 1.29 is 9.63 Å². The molecule has 0 unspecified atom stereocenters. The zero-order chi connectivity index (χ0) is 19.7. The highest BCUT2D eigenvalue weighted by Crippen LogP contribution is 2.22. The Morgan fingerprint density at radius 2 is 2.04 bits per heavy atom. The average molecular weight is 378 g/mol. The third-order valence-electron chi connectivity index (χ3n) is 4.63. The lowest BCUT2D eigenvalue weighted by Gasteiger charge is -2.11. The fourth-order valence-corrected chi connectivity index (χ4v) is 3.20. The minimum absolute atomic E-state index is 0.253. The number of benzene rings is 1. The third-order valence-corrected chi connectivity index (χ3v) is 4.63. The number of aromatic nitrogens is 4. The predicted octanol–water partition coefficient (Wildman–Crippen LogP) is 2.84. The van der Waals surface area contributed by atoms with Crippen LogP contribution in [0.25, 0.3) is 5.69 Å². The van der Waals surface area contributed by atoms with Gasteiger partial charge < -0.3 is 10.2 Å². The Morgan fingerprint density at radius 3 is 2.75 bits per heavy atom. The number of nitrogens with zero attached hydrogens (tertiary/aromatic N) is 5. The van der Waals surface area contributed by atoms with Crippen LogP contribution in [-0.2, 0) is 16.2 Å². The molecule has 2 aromatic heterocycles. The minimum atomic E-state index is -0.682. The molecule has 1 amide bonds. The van der Waals surface area contributed by atoms with Gasteiger partial charge in [0.2, 0.25) is 6.10 Å². The largest absolute Gasteiger partial charge is 0.382 e. The van der Waals surface area contributed by atoms with E-state index in [0.29, 0.717) is 12.2 Å². The number of rotatable bonds is 5. The predicted molar refractivity (Wildman–Crippen MR) is 106 cm³/mol. The maximum atomic E-state index is 12.8. The molecule has 4 rings (SSSR count). The maximum Gasteiger partial charge on any atom is 0.269 e. The van der Waals surface area contributed by atoms with E-state index in [1.165, 1.54) is 0 Å². The molecule has 0 bridgehead atoms. The number of carbonyl (C=O) groups excluding carboxylic acids is 1. The molecular weight excluding hydrogens is 356 g/mol. The van der Waals surface area contributed by atoms with Crippen LogP contribution in [0.5, 0.6) is 0 Å². The number of amides is 1. The molecule has 1 aromatic carbocycles. The molecule has 8 nitrogen and oxygen atoms in total. The summed E-state index contributed by atoms with van der Waals surface area (Å²) in [5, 5.41) is 15.9. The molecule has 0 aliphatic carbocycles. The van der Waals surface area contributed by atoms with Gasteiger partial charge in [0, 0.05) is 30.8 Å². The van der Waals surface area contributed by atoms with E-state index in [0.717, 1.165) is 34.9 Å². The van der Waals surface area contributed by atoms with Gasteiger partial charge in [-0.2, -0.15) is 10.2 Å². The van der Waals surface area contributed by atoms with E-state index in [9.17, 15) is 4.79 Å². The summed E-state index contributed by atoms with van der Waals surface area (Å²) in [7, 11) is 0. The van der Waals surface area contributed by atoms with Crippen LogP contribution in [0, 0.1) is 13.8 Å². The van der Waals surface area contributed by atoms with E-state index >= 15 is 0 Å². The van der Waals surface area contributed by atoms with Gasteiger partial charge >= 0.3 is 0 Å². The van der Waals surface area contributed by atoms with Crippen LogP contribution in [0.3, 0.4) is 0 Å². The lowest BCUT2D eigenvalue weighted by Crippen LogP contribution is -2.29. The molecule has 1 atom stereocenters. The highest BCUT2D eigenvalue weighted by molar-refractivity contribution is 6.06. The first-order valence-electron chi connectivity index (χ1n) is 9.25. The fraction of sp³-hybridized carbons (Fsp3) is 0.300. The van der Waals surface area contributed by atoms with Crippen LogP contribution in [0.2, 0.25) is 0 Å². The molecule has 3 aromatic rings. The molecular formula is C20H22N6O2. The summed E-state index contributed by atoms with van der Waals surface area (Å²) < 4.78 is 3.56. The Morgan fingerprint density at radius 1 is 1.25 bits per heavy atom. The Balaban J connectivity index is 1.48. The molecule has 1 aliphatic rings. The lowest BCUT2D eigenvalue weighted by molar-refractivity contribution is -0.125. The van der Waals surface area contributed by atoms with Gasteiger partial charge in [0.25, 0.3) is 5.91 Å². The van der Waals surface area contributed by atoms with Crippen molar-refractivity contribution in [3.8, 4) is 5.69 Å². The first-order chi connectivity index (χ1) is 13.5. The van der Waals surface area contributed by atoms with Gasteiger partial charge in [-0.1, -0.05) is 23.4 Å². The van der Waals surface area contributed by atoms with Gasteiger partial charge in [-0.05, 0) is 32.9 Å². The maximum absolute atomic E-state index is 12.8. The molecule has 3 heterocycles. The Hall–Kier alpha value is -3.42. The van der Waals surface area contributed by atoms with Gasteiger partial charge in [0.05, 0.1) is 22.8 Å². The number of para-hydroxylation sites is 1. The van der Waals surface area contributed by atoms with Gasteiger partial charge in [0.15, 0.2) is 0 Å². The SMILES string of the molecule is CCn1cc(C2=NO[C@H](C(=O)Nc3cc(C)nn3-c3ccccc3)C2)c(C)n1. The second-order valence-electron chi connectivity index (χ2n) is 6.73. The van der Waals surface area contributed by atoms with Gasteiger partial charge in [0.1, 0.15) is 5.82 Å². The van der Waals surface area contributed by atoms with Crippen molar-refractivity contribution >= 4 is 17.4 Å². The summed E-state index contributed by atoms with van der Waals surface area (Å²) in [6, 6.07) is 11.5. The molecule has 8 heteroatoms. The van der Waals surface area contributed by atoms with Crippen molar-refractivity contribution in [3.63, 3.8) is 0 Å². The Labute approximate surface area is 162 Å². The molecule has 0 spiro atoms. The highest BCUT2D eigenvalue weighted by atomic mass is 16.6. The summed E-state index contributed by atoms with van der Waals surface area (Å²) in [5.41, 5.74) is 4.22. The number of aryl methyl sites for hydroxylation is 3. The summed E-state index contributed by atoms with van der Waals surface area (Å²) in [6.07, 6.45) is 1.66. The van der Waals surface area contributed by atoms with Gasteiger partial charge in [-0.15, -0.1) is 0 Å². The van der Waals surface area contributed by atoms with Crippen LogP contribution in [0.15, 0.2) is 47.8 Å². The molecule has 1 N–H and O–H groups in total. The zero-order valence-electron chi connectivity index (χ0n) is 16.1. The first-order valence-corrected chi connectivity index (χ1v) is 9.25. The number of hydrogen-bond donors (Lipinski definition) is 1. The number of anilines is 1. The topological polar surface area (TPSA) is 86.3 Å². The Bertz CT molecular complexity index is 1030. The highest BCUT2D eigenvalue weighted by Gasteiger charge is 2.31. The van der Waals surface area contributed by atoms with E-state index in [1.54, 1.807) is 4.68 Å². The number of oxime groups is 1. The summed E-state index contributed by atoms with van der Waals surface area (Å²) in [6.45, 7) is 6.62. The second kappa shape index (κ2) is 7.30.